The molecule has 0 spiro atoms. The van der Waals surface area contributed by atoms with Gasteiger partial charge in [-0.25, -0.2) is 4.79 Å². The van der Waals surface area contributed by atoms with Crippen LogP contribution in [0.25, 0.3) is 0 Å². The van der Waals surface area contributed by atoms with Gasteiger partial charge < -0.3 is 15.4 Å². The molecule has 1 amide bonds. The number of hydrogen-bond acceptors (Lipinski definition) is 5. The first kappa shape index (κ1) is 21.8. The molecular weight excluding hydrogens is 411 g/mol. The summed E-state index contributed by atoms with van der Waals surface area (Å²) in [6, 6.07) is 10.7. The van der Waals surface area contributed by atoms with Gasteiger partial charge in [0, 0.05) is 11.9 Å². The first-order chi connectivity index (χ1) is 13.7. The van der Waals surface area contributed by atoms with Crippen molar-refractivity contribution in [3.63, 3.8) is 0 Å². The van der Waals surface area contributed by atoms with Gasteiger partial charge >= 0.3 is 12.1 Å². The van der Waals surface area contributed by atoms with Gasteiger partial charge in [-0.3, -0.25) is 4.79 Å². The summed E-state index contributed by atoms with van der Waals surface area (Å²) in [5.41, 5.74) is -1.32. The molecule has 2 aromatic rings. The van der Waals surface area contributed by atoms with E-state index in [1.54, 1.807) is 18.2 Å². The normalized spacial score (nSPS) is 11.4. The fraction of sp³-hybridized carbons (Fsp3) is 0.105. The minimum Gasteiger partial charge on any atom is -0.465 e. The van der Waals surface area contributed by atoms with Crippen LogP contribution in [0.3, 0.4) is 0 Å². The van der Waals surface area contributed by atoms with E-state index in [-0.39, 0.29) is 16.9 Å². The van der Waals surface area contributed by atoms with Crippen molar-refractivity contribution in [2.45, 2.75) is 6.18 Å². The lowest BCUT2D eigenvalue weighted by atomic mass is 10.1. The van der Waals surface area contributed by atoms with Gasteiger partial charge in [-0.2, -0.15) is 18.4 Å². The quantitative estimate of drug-likeness (QED) is 0.416. The number of alkyl halides is 3. The maximum atomic E-state index is 12.9. The van der Waals surface area contributed by atoms with Crippen LogP contribution in [-0.4, -0.2) is 19.0 Å². The van der Waals surface area contributed by atoms with Crippen molar-refractivity contribution in [2.75, 3.05) is 17.7 Å². The van der Waals surface area contributed by atoms with Gasteiger partial charge in [0.05, 0.1) is 28.9 Å². The Labute approximate surface area is 168 Å². The molecule has 0 bridgehead atoms. The number of ether oxygens (including phenoxy) is 1. The number of anilines is 2. The van der Waals surface area contributed by atoms with E-state index in [1.165, 1.54) is 25.3 Å². The topological polar surface area (TPSA) is 91.2 Å². The van der Waals surface area contributed by atoms with Crippen LogP contribution in [0.4, 0.5) is 24.5 Å². The second kappa shape index (κ2) is 9.12. The maximum Gasteiger partial charge on any atom is 0.417 e. The van der Waals surface area contributed by atoms with E-state index in [2.05, 4.69) is 15.4 Å². The number of benzene rings is 2. The van der Waals surface area contributed by atoms with Gasteiger partial charge in [0.25, 0.3) is 5.91 Å². The zero-order valence-electron chi connectivity index (χ0n) is 14.8. The Balaban J connectivity index is 2.23. The number of carbonyl (C=O) groups is 2. The molecule has 2 aromatic carbocycles. The van der Waals surface area contributed by atoms with E-state index < -0.39 is 34.2 Å². The van der Waals surface area contributed by atoms with Gasteiger partial charge in [-0.1, -0.05) is 23.7 Å². The number of nitrogens with zero attached hydrogens (tertiary/aromatic N) is 1. The largest absolute Gasteiger partial charge is 0.465 e. The van der Waals surface area contributed by atoms with Crippen LogP contribution in [0.1, 0.15) is 15.9 Å². The minimum atomic E-state index is -4.70. The fourth-order valence-corrected chi connectivity index (χ4v) is 2.44. The third kappa shape index (κ3) is 5.49. The lowest BCUT2D eigenvalue weighted by Gasteiger charge is -2.12. The number of esters is 1. The SMILES string of the molecule is COC(=O)c1ccccc1N/C=C(/C#N)C(=O)Nc1ccc(Cl)c(C(F)(F)F)c1. The number of rotatable bonds is 5. The van der Waals surface area contributed by atoms with E-state index in [4.69, 9.17) is 11.6 Å². The van der Waals surface area contributed by atoms with Gasteiger partial charge in [-0.15, -0.1) is 0 Å². The lowest BCUT2D eigenvalue weighted by molar-refractivity contribution is -0.137. The second-order valence-electron chi connectivity index (χ2n) is 5.50. The number of methoxy groups -OCH3 is 1. The summed E-state index contributed by atoms with van der Waals surface area (Å²) >= 11 is 5.53. The maximum absolute atomic E-state index is 12.9. The molecule has 10 heteroatoms. The van der Waals surface area contributed by atoms with Crippen LogP contribution in [0.2, 0.25) is 5.02 Å². The monoisotopic (exact) mass is 423 g/mol. The lowest BCUT2D eigenvalue weighted by Crippen LogP contribution is -2.16. The zero-order chi connectivity index (χ0) is 21.6. The molecule has 2 rings (SSSR count). The van der Waals surface area contributed by atoms with E-state index in [0.29, 0.717) is 6.07 Å². The highest BCUT2D eigenvalue weighted by Gasteiger charge is 2.33. The molecule has 2 N–H and O–H groups in total. The molecule has 150 valence electrons. The molecule has 0 aliphatic heterocycles. The molecule has 0 unspecified atom stereocenters. The Morgan fingerprint density at radius 3 is 2.52 bits per heavy atom. The van der Waals surface area contributed by atoms with Crippen molar-refractivity contribution >= 4 is 34.9 Å². The average Bonchev–Trinajstić information content (AvgIpc) is 2.68. The predicted molar refractivity (Wildman–Crippen MR) is 100 cm³/mol. The summed E-state index contributed by atoms with van der Waals surface area (Å²) in [5, 5.41) is 13.5. The predicted octanol–water partition coefficient (Wildman–Crippen LogP) is 4.60. The molecule has 0 atom stereocenters. The van der Waals surface area contributed by atoms with Gasteiger partial charge in [0.2, 0.25) is 0 Å². The summed E-state index contributed by atoms with van der Waals surface area (Å²) in [4.78, 5) is 24.0. The molecule has 0 saturated heterocycles. The van der Waals surface area contributed by atoms with Crippen LogP contribution in [0.15, 0.2) is 54.2 Å². The van der Waals surface area contributed by atoms with Crippen molar-refractivity contribution in [1.82, 2.24) is 0 Å². The van der Waals surface area contributed by atoms with E-state index in [1.807, 2.05) is 0 Å². The van der Waals surface area contributed by atoms with E-state index in [0.717, 1.165) is 12.3 Å². The first-order valence-electron chi connectivity index (χ1n) is 7.89. The molecule has 0 radical (unpaired) electrons. The molecule has 0 aliphatic carbocycles. The number of hydrogen-bond donors (Lipinski definition) is 2. The van der Waals surface area contributed by atoms with Crippen molar-refractivity contribution < 1.29 is 27.5 Å². The van der Waals surface area contributed by atoms with Crippen molar-refractivity contribution in [1.29, 1.82) is 5.26 Å². The van der Waals surface area contributed by atoms with E-state index in [9.17, 15) is 28.0 Å². The van der Waals surface area contributed by atoms with Gasteiger partial charge in [0.15, 0.2) is 0 Å². The smallest absolute Gasteiger partial charge is 0.417 e. The highest BCUT2D eigenvalue weighted by molar-refractivity contribution is 6.31. The Hall–Kier alpha value is -3.51. The number of nitriles is 1. The molecular formula is C19H13ClF3N3O3. The third-order valence-electron chi connectivity index (χ3n) is 3.60. The number of para-hydroxylation sites is 1. The zero-order valence-corrected chi connectivity index (χ0v) is 15.6. The van der Waals surface area contributed by atoms with Crippen LogP contribution in [0, 0.1) is 11.3 Å². The second-order valence-corrected chi connectivity index (χ2v) is 5.91. The van der Waals surface area contributed by atoms with Crippen LogP contribution in [-0.2, 0) is 15.7 Å². The van der Waals surface area contributed by atoms with Crippen LogP contribution in [0.5, 0.6) is 0 Å². The molecule has 0 saturated carbocycles. The first-order valence-corrected chi connectivity index (χ1v) is 8.27. The van der Waals surface area contributed by atoms with Gasteiger partial charge in [-0.05, 0) is 30.3 Å². The summed E-state index contributed by atoms with van der Waals surface area (Å²) in [6.07, 6.45) is -3.68. The number of carbonyl (C=O) groups excluding carboxylic acids is 2. The molecule has 0 heterocycles. The highest BCUT2D eigenvalue weighted by atomic mass is 35.5. The Morgan fingerprint density at radius 1 is 1.21 bits per heavy atom. The fourth-order valence-electron chi connectivity index (χ4n) is 2.21. The average molecular weight is 424 g/mol. The molecule has 6 nitrogen and oxygen atoms in total. The number of amides is 1. The van der Waals surface area contributed by atoms with Gasteiger partial charge in [0.1, 0.15) is 11.6 Å². The standard InChI is InChI=1S/C19H13ClF3N3O3/c1-29-18(28)13-4-2-3-5-16(13)25-10-11(9-24)17(27)26-12-6-7-15(20)14(8-12)19(21,22)23/h2-8,10,25H,1H3,(H,26,27)/b11-10-. The summed E-state index contributed by atoms with van der Waals surface area (Å²) in [7, 11) is 1.20. The van der Waals surface area contributed by atoms with Crippen molar-refractivity contribution in [3.05, 3.63) is 70.4 Å². The van der Waals surface area contributed by atoms with E-state index >= 15 is 0 Å². The number of nitrogens with one attached hydrogen (secondary N) is 2. The highest BCUT2D eigenvalue weighted by Crippen LogP contribution is 2.36. The summed E-state index contributed by atoms with van der Waals surface area (Å²) < 4.78 is 43.4. The van der Waals surface area contributed by atoms with Crippen molar-refractivity contribution in [3.8, 4) is 6.07 Å². The third-order valence-corrected chi connectivity index (χ3v) is 3.93. The Morgan fingerprint density at radius 2 is 1.90 bits per heavy atom. The Bertz CT molecular complexity index is 1010. The molecule has 29 heavy (non-hydrogen) atoms. The Kier molecular flexibility index (Phi) is 6.85. The van der Waals surface area contributed by atoms with Crippen LogP contribution >= 0.6 is 11.6 Å². The summed E-state index contributed by atoms with van der Waals surface area (Å²) in [6.45, 7) is 0. The minimum absolute atomic E-state index is 0.163. The molecule has 0 fully saturated rings. The van der Waals surface area contributed by atoms with Crippen molar-refractivity contribution in [2.24, 2.45) is 0 Å². The van der Waals surface area contributed by atoms with Crippen LogP contribution < -0.4 is 10.6 Å². The summed E-state index contributed by atoms with van der Waals surface area (Å²) in [5.74, 6) is -1.59. The number of halogens is 4. The molecule has 0 aromatic heterocycles. The molecule has 0 aliphatic rings.